The summed E-state index contributed by atoms with van der Waals surface area (Å²) in [6.07, 6.45) is 2.52. The molecule has 1 aliphatic rings. The summed E-state index contributed by atoms with van der Waals surface area (Å²) >= 11 is 3.47. The van der Waals surface area contributed by atoms with Gasteiger partial charge in [-0.25, -0.2) is 0 Å². The number of hydrogen-bond acceptors (Lipinski definition) is 3. The lowest BCUT2D eigenvalue weighted by molar-refractivity contribution is 0.174. The summed E-state index contributed by atoms with van der Waals surface area (Å²) in [5.74, 6) is 0. The van der Waals surface area contributed by atoms with Gasteiger partial charge in [0.2, 0.25) is 0 Å². The Bertz CT molecular complexity index is 319. The summed E-state index contributed by atoms with van der Waals surface area (Å²) in [4.78, 5) is 6.52. The van der Waals surface area contributed by atoms with Crippen LogP contribution in [0.25, 0.3) is 0 Å². The molecule has 1 fully saturated rings. The van der Waals surface area contributed by atoms with E-state index in [2.05, 4.69) is 25.8 Å². The topological polar surface area (TPSA) is 36.4 Å². The molecular formula is C10H13BrN2O. The van der Waals surface area contributed by atoms with E-state index in [1.807, 2.05) is 12.1 Å². The molecule has 1 aromatic heterocycles. The Morgan fingerprint density at radius 1 is 1.64 bits per heavy atom. The fourth-order valence-electron chi connectivity index (χ4n) is 1.70. The molecule has 3 nitrogen and oxygen atoms in total. The maximum atomic E-state index is 9.37. The van der Waals surface area contributed by atoms with Crippen LogP contribution >= 0.6 is 15.9 Å². The molecular weight excluding hydrogens is 244 g/mol. The number of hydrogen-bond donors (Lipinski definition) is 1. The van der Waals surface area contributed by atoms with Crippen LogP contribution in [0.3, 0.4) is 0 Å². The SMILES string of the molecule is OC1CCN(Cc2ncccc2Br)C1. The van der Waals surface area contributed by atoms with Crippen molar-refractivity contribution in [3.8, 4) is 0 Å². The summed E-state index contributed by atoms with van der Waals surface area (Å²) in [7, 11) is 0. The first-order chi connectivity index (χ1) is 6.75. The van der Waals surface area contributed by atoms with Gasteiger partial charge in [0.05, 0.1) is 11.8 Å². The molecule has 0 bridgehead atoms. The van der Waals surface area contributed by atoms with Gasteiger partial charge in [0.15, 0.2) is 0 Å². The van der Waals surface area contributed by atoms with Crippen LogP contribution in [0, 0.1) is 0 Å². The molecule has 76 valence electrons. The second kappa shape index (κ2) is 4.38. The molecule has 2 heterocycles. The molecule has 1 saturated heterocycles. The van der Waals surface area contributed by atoms with E-state index in [9.17, 15) is 5.11 Å². The van der Waals surface area contributed by atoms with Gasteiger partial charge in [-0.2, -0.15) is 0 Å². The minimum absolute atomic E-state index is 0.155. The Balaban J connectivity index is 2.01. The summed E-state index contributed by atoms with van der Waals surface area (Å²) in [5, 5.41) is 9.37. The standard InChI is InChI=1S/C10H13BrN2O/c11-9-2-1-4-12-10(9)7-13-5-3-8(14)6-13/h1-2,4,8,14H,3,5-7H2. The average molecular weight is 257 g/mol. The van der Waals surface area contributed by atoms with Gasteiger partial charge in [-0.3, -0.25) is 9.88 Å². The van der Waals surface area contributed by atoms with E-state index in [-0.39, 0.29) is 6.10 Å². The third-order valence-electron chi connectivity index (χ3n) is 2.46. The van der Waals surface area contributed by atoms with Crippen LogP contribution < -0.4 is 0 Å². The minimum Gasteiger partial charge on any atom is -0.392 e. The van der Waals surface area contributed by atoms with Crippen molar-refractivity contribution in [1.82, 2.24) is 9.88 Å². The molecule has 1 aromatic rings. The van der Waals surface area contributed by atoms with Gasteiger partial charge in [-0.15, -0.1) is 0 Å². The van der Waals surface area contributed by atoms with E-state index in [4.69, 9.17) is 0 Å². The molecule has 1 N–H and O–H groups in total. The van der Waals surface area contributed by atoms with Gasteiger partial charge >= 0.3 is 0 Å². The molecule has 0 aliphatic carbocycles. The van der Waals surface area contributed by atoms with E-state index in [0.29, 0.717) is 0 Å². The molecule has 1 unspecified atom stereocenters. The van der Waals surface area contributed by atoms with Gasteiger partial charge in [-0.1, -0.05) is 0 Å². The average Bonchev–Trinajstić information content (AvgIpc) is 2.56. The fourth-order valence-corrected chi connectivity index (χ4v) is 2.08. The third kappa shape index (κ3) is 2.32. The van der Waals surface area contributed by atoms with E-state index >= 15 is 0 Å². The predicted octanol–water partition coefficient (Wildman–Crippen LogP) is 1.41. The van der Waals surface area contributed by atoms with E-state index in [1.54, 1.807) is 6.20 Å². The first-order valence-corrected chi connectivity index (χ1v) is 5.55. The van der Waals surface area contributed by atoms with Crippen LogP contribution in [0.4, 0.5) is 0 Å². The van der Waals surface area contributed by atoms with Crippen molar-refractivity contribution in [3.05, 3.63) is 28.5 Å². The molecule has 0 spiro atoms. The number of β-amino-alcohol motifs (C(OH)–C–C–N with tert-alkyl or cyclic N) is 1. The lowest BCUT2D eigenvalue weighted by Gasteiger charge is -2.14. The summed E-state index contributed by atoms with van der Waals surface area (Å²) in [6, 6.07) is 3.90. The molecule has 0 radical (unpaired) electrons. The number of aliphatic hydroxyl groups is 1. The summed E-state index contributed by atoms with van der Waals surface area (Å²) < 4.78 is 1.04. The molecule has 0 saturated carbocycles. The third-order valence-corrected chi connectivity index (χ3v) is 3.18. The Morgan fingerprint density at radius 2 is 2.50 bits per heavy atom. The molecule has 4 heteroatoms. The first-order valence-electron chi connectivity index (χ1n) is 4.75. The van der Waals surface area contributed by atoms with Crippen molar-refractivity contribution in [2.24, 2.45) is 0 Å². The molecule has 1 aliphatic heterocycles. The number of nitrogens with zero attached hydrogens (tertiary/aromatic N) is 2. The lowest BCUT2D eigenvalue weighted by Crippen LogP contribution is -2.22. The highest BCUT2D eigenvalue weighted by Gasteiger charge is 2.20. The van der Waals surface area contributed by atoms with Crippen molar-refractivity contribution in [1.29, 1.82) is 0 Å². The summed E-state index contributed by atoms with van der Waals surface area (Å²) in [5.41, 5.74) is 1.04. The Kier molecular flexibility index (Phi) is 3.15. The number of rotatable bonds is 2. The van der Waals surface area contributed by atoms with Gasteiger partial charge in [-0.05, 0) is 34.5 Å². The Hall–Kier alpha value is -0.450. The zero-order chi connectivity index (χ0) is 9.97. The highest BCUT2D eigenvalue weighted by Crippen LogP contribution is 2.18. The molecule has 0 amide bonds. The van der Waals surface area contributed by atoms with Crippen molar-refractivity contribution < 1.29 is 5.11 Å². The van der Waals surface area contributed by atoms with Crippen LogP contribution in [0.1, 0.15) is 12.1 Å². The molecule has 2 rings (SSSR count). The summed E-state index contributed by atoms with van der Waals surface area (Å²) in [6.45, 7) is 2.55. The van der Waals surface area contributed by atoms with Gasteiger partial charge in [0.25, 0.3) is 0 Å². The van der Waals surface area contributed by atoms with Crippen LogP contribution in [0.15, 0.2) is 22.8 Å². The van der Waals surface area contributed by atoms with Gasteiger partial charge in [0.1, 0.15) is 0 Å². The van der Waals surface area contributed by atoms with Crippen molar-refractivity contribution >= 4 is 15.9 Å². The zero-order valence-corrected chi connectivity index (χ0v) is 9.44. The Morgan fingerprint density at radius 3 is 3.14 bits per heavy atom. The molecule has 0 aromatic carbocycles. The van der Waals surface area contributed by atoms with E-state index in [0.717, 1.165) is 36.2 Å². The number of halogens is 1. The number of aliphatic hydroxyl groups excluding tert-OH is 1. The van der Waals surface area contributed by atoms with E-state index < -0.39 is 0 Å². The molecule has 14 heavy (non-hydrogen) atoms. The van der Waals surface area contributed by atoms with Crippen molar-refractivity contribution in [2.45, 2.75) is 19.1 Å². The maximum Gasteiger partial charge on any atom is 0.0685 e. The van der Waals surface area contributed by atoms with E-state index in [1.165, 1.54) is 0 Å². The Labute approximate surface area is 91.9 Å². The van der Waals surface area contributed by atoms with Crippen LogP contribution in [-0.4, -0.2) is 34.2 Å². The lowest BCUT2D eigenvalue weighted by atomic mass is 10.3. The van der Waals surface area contributed by atoms with Gasteiger partial charge < -0.3 is 5.11 Å². The molecule has 1 atom stereocenters. The second-order valence-corrected chi connectivity index (χ2v) is 4.46. The smallest absolute Gasteiger partial charge is 0.0685 e. The fraction of sp³-hybridized carbons (Fsp3) is 0.500. The predicted molar refractivity (Wildman–Crippen MR) is 57.8 cm³/mol. The normalized spacial score (nSPS) is 22.9. The number of likely N-dealkylation sites (tertiary alicyclic amines) is 1. The van der Waals surface area contributed by atoms with Crippen molar-refractivity contribution in [2.75, 3.05) is 13.1 Å². The van der Waals surface area contributed by atoms with Crippen molar-refractivity contribution in [3.63, 3.8) is 0 Å². The zero-order valence-electron chi connectivity index (χ0n) is 7.86. The highest BCUT2D eigenvalue weighted by molar-refractivity contribution is 9.10. The van der Waals surface area contributed by atoms with Gasteiger partial charge in [0, 0.05) is 30.3 Å². The van der Waals surface area contributed by atoms with Crippen LogP contribution in [0.5, 0.6) is 0 Å². The quantitative estimate of drug-likeness (QED) is 0.870. The first kappa shape index (κ1) is 10.1. The number of aromatic nitrogens is 1. The second-order valence-electron chi connectivity index (χ2n) is 3.61. The van der Waals surface area contributed by atoms with Crippen LogP contribution in [-0.2, 0) is 6.54 Å². The van der Waals surface area contributed by atoms with Crippen LogP contribution in [0.2, 0.25) is 0 Å². The minimum atomic E-state index is -0.155. The monoisotopic (exact) mass is 256 g/mol. The maximum absolute atomic E-state index is 9.37. The number of pyridine rings is 1. The highest BCUT2D eigenvalue weighted by atomic mass is 79.9. The largest absolute Gasteiger partial charge is 0.392 e.